The van der Waals surface area contributed by atoms with Crippen LogP contribution in [0.3, 0.4) is 0 Å². The molecular formula is C32H36N3O4+. The van der Waals surface area contributed by atoms with Crippen LogP contribution in [-0.4, -0.2) is 61.5 Å². The van der Waals surface area contributed by atoms with E-state index in [1.54, 1.807) is 7.05 Å². The lowest BCUT2D eigenvalue weighted by Crippen LogP contribution is -2.66. The third-order valence-corrected chi connectivity index (χ3v) is 8.22. The molecule has 202 valence electrons. The molecule has 3 aliphatic heterocycles. The minimum atomic E-state index is -0.937. The maximum atomic E-state index is 13.7. The van der Waals surface area contributed by atoms with Gasteiger partial charge in [0, 0.05) is 24.3 Å². The van der Waals surface area contributed by atoms with Crippen LogP contribution in [0.15, 0.2) is 91.0 Å². The van der Waals surface area contributed by atoms with E-state index in [0.29, 0.717) is 23.1 Å². The lowest BCUT2D eigenvalue weighted by molar-refractivity contribution is -0.938. The first kappa shape index (κ1) is 26.8. The number of nitrogens with one attached hydrogen (secondary N) is 2. The van der Waals surface area contributed by atoms with E-state index in [9.17, 15) is 14.4 Å². The molecule has 0 spiro atoms. The van der Waals surface area contributed by atoms with Gasteiger partial charge >= 0.3 is 5.97 Å². The zero-order chi connectivity index (χ0) is 27.2. The first-order valence-electron chi connectivity index (χ1n) is 13.7. The van der Waals surface area contributed by atoms with Crippen LogP contribution < -0.4 is 10.6 Å². The fraction of sp³-hybridized carbons (Fsp3) is 0.344. The van der Waals surface area contributed by atoms with Crippen LogP contribution in [-0.2, 0) is 14.3 Å². The van der Waals surface area contributed by atoms with Crippen molar-refractivity contribution in [3.05, 3.63) is 108 Å². The van der Waals surface area contributed by atoms with Gasteiger partial charge in [-0.05, 0) is 18.2 Å². The number of ketones is 1. The summed E-state index contributed by atoms with van der Waals surface area (Å²) in [5.74, 6) is -0.388. The average Bonchev–Trinajstić information content (AvgIpc) is 2.98. The number of quaternary nitrogens is 1. The third-order valence-electron chi connectivity index (χ3n) is 8.22. The Morgan fingerprint density at radius 1 is 0.821 bits per heavy atom. The van der Waals surface area contributed by atoms with E-state index in [4.69, 9.17) is 4.74 Å². The number of benzene rings is 3. The van der Waals surface area contributed by atoms with Gasteiger partial charge in [-0.15, -0.1) is 0 Å². The predicted molar refractivity (Wildman–Crippen MR) is 149 cm³/mol. The van der Waals surface area contributed by atoms with Gasteiger partial charge in [0.2, 0.25) is 11.7 Å². The van der Waals surface area contributed by atoms with Crippen molar-refractivity contribution in [3.63, 3.8) is 0 Å². The van der Waals surface area contributed by atoms with E-state index < -0.39 is 18.1 Å². The third kappa shape index (κ3) is 6.10. The first-order valence-corrected chi connectivity index (χ1v) is 13.7. The molecule has 3 saturated heterocycles. The number of ether oxygens (including phenoxy) is 1. The lowest BCUT2D eigenvalue weighted by Gasteiger charge is -2.51. The highest BCUT2D eigenvalue weighted by molar-refractivity contribution is 5.97. The Morgan fingerprint density at radius 2 is 1.36 bits per heavy atom. The summed E-state index contributed by atoms with van der Waals surface area (Å²) in [6.45, 7) is 2.85. The fourth-order valence-corrected chi connectivity index (χ4v) is 6.06. The van der Waals surface area contributed by atoms with Gasteiger partial charge in [0.05, 0.1) is 13.1 Å². The minimum Gasteiger partial charge on any atom is -0.454 e. The smallest absolute Gasteiger partial charge is 0.333 e. The van der Waals surface area contributed by atoms with E-state index in [0.717, 1.165) is 37.1 Å². The highest BCUT2D eigenvalue weighted by Gasteiger charge is 2.49. The highest BCUT2D eigenvalue weighted by atomic mass is 16.5. The van der Waals surface area contributed by atoms with Crippen molar-refractivity contribution in [3.8, 4) is 0 Å². The zero-order valence-corrected chi connectivity index (χ0v) is 22.3. The zero-order valence-electron chi connectivity index (χ0n) is 22.3. The predicted octanol–water partition coefficient (Wildman–Crippen LogP) is 3.84. The summed E-state index contributed by atoms with van der Waals surface area (Å²) < 4.78 is 6.81. The standard InChI is InChI=1S/C32H35N3O4/c1-33-29(25-13-7-3-8-14-25)31(37)34-30(26-15-9-4-10-16-26)32(38)39-28-22-35(19-17-24(28)18-20-35)21-27(36)23-11-5-2-6-12-23/h2-16,24,28-30,33H,17-22H2,1H3/p+1/t24?,28-,29?,30?,35?/m0/s1. The molecular weight excluding hydrogens is 490 g/mol. The van der Waals surface area contributed by atoms with Crippen LogP contribution in [0.25, 0.3) is 0 Å². The number of nitrogens with zero attached hydrogens (tertiary/aromatic N) is 1. The van der Waals surface area contributed by atoms with Gasteiger partial charge in [0.1, 0.15) is 19.1 Å². The van der Waals surface area contributed by atoms with Crippen LogP contribution in [0.1, 0.15) is 46.4 Å². The van der Waals surface area contributed by atoms with E-state index >= 15 is 0 Å². The Kier molecular flexibility index (Phi) is 8.19. The molecule has 0 radical (unpaired) electrons. The number of carbonyl (C=O) groups excluding carboxylic acids is 3. The number of hydrogen-bond acceptors (Lipinski definition) is 5. The van der Waals surface area contributed by atoms with Gasteiger partial charge in [-0.25, -0.2) is 4.79 Å². The molecule has 0 aromatic heterocycles. The average molecular weight is 527 g/mol. The van der Waals surface area contributed by atoms with Gasteiger partial charge < -0.3 is 19.9 Å². The number of likely N-dealkylation sites (N-methyl/N-ethyl adjacent to an activating group) is 1. The molecule has 7 nitrogen and oxygen atoms in total. The van der Waals surface area contributed by atoms with Crippen molar-refractivity contribution in [1.29, 1.82) is 0 Å². The summed E-state index contributed by atoms with van der Waals surface area (Å²) in [6.07, 6.45) is 1.54. The van der Waals surface area contributed by atoms with Crippen molar-refractivity contribution in [2.75, 3.05) is 33.2 Å². The molecule has 0 saturated carbocycles. The van der Waals surface area contributed by atoms with Gasteiger partial charge in [-0.1, -0.05) is 91.0 Å². The molecule has 3 aromatic carbocycles. The quantitative estimate of drug-likeness (QED) is 0.238. The normalized spacial score (nSPS) is 23.4. The minimum absolute atomic E-state index is 0.120. The number of carbonyl (C=O) groups is 3. The molecule has 39 heavy (non-hydrogen) atoms. The van der Waals surface area contributed by atoms with Gasteiger partial charge in [0.15, 0.2) is 12.1 Å². The van der Waals surface area contributed by atoms with Crippen molar-refractivity contribution in [2.45, 2.75) is 31.0 Å². The summed E-state index contributed by atoms with van der Waals surface area (Å²) in [6, 6.07) is 26.5. The van der Waals surface area contributed by atoms with E-state index in [1.165, 1.54) is 0 Å². The van der Waals surface area contributed by atoms with Crippen LogP contribution in [0.5, 0.6) is 0 Å². The molecule has 3 aliphatic rings. The number of rotatable bonds is 10. The highest BCUT2D eigenvalue weighted by Crippen LogP contribution is 2.36. The second-order valence-corrected chi connectivity index (χ2v) is 10.7. The number of fused-ring (bicyclic) bond motifs is 3. The Hall–Kier alpha value is -3.81. The number of hydrogen-bond donors (Lipinski definition) is 2. The van der Waals surface area contributed by atoms with Gasteiger partial charge in [0.25, 0.3) is 0 Å². The topological polar surface area (TPSA) is 84.5 Å². The maximum Gasteiger partial charge on any atom is 0.333 e. The first-order chi connectivity index (χ1) is 19.0. The molecule has 2 unspecified atom stereocenters. The summed E-state index contributed by atoms with van der Waals surface area (Å²) in [7, 11) is 1.72. The Bertz CT molecular complexity index is 1270. The summed E-state index contributed by atoms with van der Waals surface area (Å²) in [5, 5.41) is 6.00. The van der Waals surface area contributed by atoms with Crippen LogP contribution in [0.4, 0.5) is 0 Å². The summed E-state index contributed by atoms with van der Waals surface area (Å²) in [4.78, 5) is 40.1. The summed E-state index contributed by atoms with van der Waals surface area (Å²) >= 11 is 0. The van der Waals surface area contributed by atoms with E-state index in [1.807, 2.05) is 91.0 Å². The van der Waals surface area contributed by atoms with Gasteiger partial charge in [-0.2, -0.15) is 0 Å². The largest absolute Gasteiger partial charge is 0.454 e. The van der Waals surface area contributed by atoms with Crippen molar-refractivity contribution in [1.82, 2.24) is 10.6 Å². The molecule has 2 bridgehead atoms. The van der Waals surface area contributed by atoms with Crippen LogP contribution in [0, 0.1) is 5.92 Å². The molecule has 1 amide bonds. The second-order valence-electron chi connectivity index (χ2n) is 10.7. The monoisotopic (exact) mass is 526 g/mol. The van der Waals surface area contributed by atoms with Gasteiger partial charge in [-0.3, -0.25) is 9.59 Å². The molecule has 3 atom stereocenters. The fourth-order valence-electron chi connectivity index (χ4n) is 6.06. The summed E-state index contributed by atoms with van der Waals surface area (Å²) in [5.41, 5.74) is 2.20. The van der Waals surface area contributed by atoms with Crippen LogP contribution in [0.2, 0.25) is 0 Å². The van der Waals surface area contributed by atoms with Crippen LogP contribution >= 0.6 is 0 Å². The molecule has 3 aromatic rings. The van der Waals surface area contributed by atoms with E-state index in [2.05, 4.69) is 10.6 Å². The lowest BCUT2D eigenvalue weighted by atomic mass is 9.82. The Balaban J connectivity index is 1.31. The number of piperidine rings is 3. The van der Waals surface area contributed by atoms with E-state index in [-0.39, 0.29) is 23.7 Å². The molecule has 3 heterocycles. The molecule has 0 aliphatic carbocycles. The SMILES string of the molecule is CNC(C(=O)NC(C(=O)O[C@H]1C[N+]2(CC(=O)c3ccccc3)CCC1CC2)c1ccccc1)c1ccccc1. The number of Topliss-reactive ketones (excluding diaryl/α,β-unsaturated/α-hetero) is 1. The second kappa shape index (κ2) is 11.9. The Labute approximate surface area is 229 Å². The molecule has 6 rings (SSSR count). The van der Waals surface area contributed by atoms with Crippen molar-refractivity contribution in [2.24, 2.45) is 5.92 Å². The maximum absolute atomic E-state index is 13.7. The van der Waals surface area contributed by atoms with Crippen molar-refractivity contribution < 1.29 is 23.6 Å². The molecule has 7 heteroatoms. The Morgan fingerprint density at radius 3 is 1.92 bits per heavy atom. The van der Waals surface area contributed by atoms with Crippen molar-refractivity contribution >= 4 is 17.7 Å². The number of esters is 1. The number of amides is 1. The molecule has 2 N–H and O–H groups in total. The molecule has 3 fully saturated rings.